The zero-order valence-electron chi connectivity index (χ0n) is 11.5. The topological polar surface area (TPSA) is 63.4 Å². The number of hydrogen-bond acceptors (Lipinski definition) is 4. The average molecular weight is 316 g/mol. The summed E-state index contributed by atoms with van der Waals surface area (Å²) in [6, 6.07) is 12.6. The van der Waals surface area contributed by atoms with Gasteiger partial charge < -0.3 is 5.73 Å². The molecule has 1 heterocycles. The minimum absolute atomic E-state index is 0.0777. The number of hydrogen-bond donors (Lipinski definition) is 1. The number of anilines is 2. The molecule has 1 saturated heterocycles. The number of nitrogens with two attached hydrogens (primary N) is 1. The molecular formula is C16H13FN2O2S. The predicted molar refractivity (Wildman–Crippen MR) is 84.0 cm³/mol. The van der Waals surface area contributed by atoms with Crippen LogP contribution in [0.25, 0.3) is 0 Å². The molecule has 0 radical (unpaired) electrons. The van der Waals surface area contributed by atoms with Crippen LogP contribution in [0.5, 0.6) is 0 Å². The van der Waals surface area contributed by atoms with Crippen molar-refractivity contribution in [1.29, 1.82) is 0 Å². The van der Waals surface area contributed by atoms with Crippen molar-refractivity contribution >= 4 is 35.0 Å². The van der Waals surface area contributed by atoms with Crippen LogP contribution in [0.4, 0.5) is 15.8 Å². The third-order valence-electron chi connectivity index (χ3n) is 3.36. The Balaban J connectivity index is 1.84. The van der Waals surface area contributed by atoms with Gasteiger partial charge in [-0.25, -0.2) is 9.29 Å². The van der Waals surface area contributed by atoms with Gasteiger partial charge in [0.15, 0.2) is 0 Å². The lowest BCUT2D eigenvalue weighted by Gasteiger charge is -2.15. The maximum atomic E-state index is 13.3. The predicted octanol–water partition coefficient (Wildman–Crippen LogP) is 2.83. The van der Waals surface area contributed by atoms with Crippen LogP contribution in [0.3, 0.4) is 0 Å². The molecule has 2 aromatic rings. The van der Waals surface area contributed by atoms with Gasteiger partial charge in [0.05, 0.1) is 10.9 Å². The SMILES string of the molecule is Nc1ccccc1S[C@@H]1CC(=O)N(c2cccc(F)c2)C1=O. The number of benzene rings is 2. The molecule has 0 aromatic heterocycles. The molecule has 0 unspecified atom stereocenters. The number of carbonyl (C=O) groups is 2. The second-order valence-electron chi connectivity index (χ2n) is 4.90. The van der Waals surface area contributed by atoms with Crippen LogP contribution in [0.2, 0.25) is 0 Å². The summed E-state index contributed by atoms with van der Waals surface area (Å²) in [5.41, 5.74) is 6.69. The van der Waals surface area contributed by atoms with Crippen molar-refractivity contribution in [2.24, 2.45) is 0 Å². The average Bonchev–Trinajstić information content (AvgIpc) is 2.76. The number of thioether (sulfide) groups is 1. The van der Waals surface area contributed by atoms with E-state index in [9.17, 15) is 14.0 Å². The minimum atomic E-state index is -0.541. The fourth-order valence-electron chi connectivity index (χ4n) is 2.32. The highest BCUT2D eigenvalue weighted by Gasteiger charge is 2.40. The Morgan fingerprint density at radius 3 is 2.64 bits per heavy atom. The molecule has 6 heteroatoms. The van der Waals surface area contributed by atoms with Gasteiger partial charge in [-0.15, -0.1) is 11.8 Å². The van der Waals surface area contributed by atoms with Gasteiger partial charge >= 0.3 is 0 Å². The number of carbonyl (C=O) groups excluding carboxylic acids is 2. The van der Waals surface area contributed by atoms with Crippen LogP contribution in [0.15, 0.2) is 53.4 Å². The third kappa shape index (κ3) is 2.69. The monoisotopic (exact) mass is 316 g/mol. The molecule has 0 aliphatic carbocycles. The highest BCUT2D eigenvalue weighted by Crippen LogP contribution is 2.36. The van der Waals surface area contributed by atoms with E-state index < -0.39 is 11.1 Å². The van der Waals surface area contributed by atoms with E-state index in [1.807, 2.05) is 12.1 Å². The molecule has 4 nitrogen and oxygen atoms in total. The number of nitrogen functional groups attached to an aromatic ring is 1. The Hall–Kier alpha value is -2.34. The zero-order valence-corrected chi connectivity index (χ0v) is 12.3. The van der Waals surface area contributed by atoms with E-state index in [0.29, 0.717) is 5.69 Å². The van der Waals surface area contributed by atoms with Crippen LogP contribution in [0.1, 0.15) is 6.42 Å². The molecule has 1 aliphatic heterocycles. The van der Waals surface area contributed by atoms with E-state index in [2.05, 4.69) is 0 Å². The molecule has 1 atom stereocenters. The van der Waals surface area contributed by atoms with E-state index >= 15 is 0 Å². The van der Waals surface area contributed by atoms with Crippen LogP contribution in [-0.4, -0.2) is 17.1 Å². The van der Waals surface area contributed by atoms with Crippen molar-refractivity contribution < 1.29 is 14.0 Å². The normalized spacial score (nSPS) is 18.0. The van der Waals surface area contributed by atoms with Crippen molar-refractivity contribution in [3.8, 4) is 0 Å². The van der Waals surface area contributed by atoms with Crippen LogP contribution >= 0.6 is 11.8 Å². The Bertz CT molecular complexity index is 750. The fraction of sp³-hybridized carbons (Fsp3) is 0.125. The second kappa shape index (κ2) is 5.81. The summed E-state index contributed by atoms with van der Waals surface area (Å²) < 4.78 is 13.3. The third-order valence-corrected chi connectivity index (χ3v) is 4.64. The number of halogens is 1. The van der Waals surface area contributed by atoms with Crippen molar-refractivity contribution in [3.63, 3.8) is 0 Å². The Kier molecular flexibility index (Phi) is 3.85. The highest BCUT2D eigenvalue weighted by atomic mass is 32.2. The smallest absolute Gasteiger partial charge is 0.247 e. The number of nitrogens with zero attached hydrogens (tertiary/aromatic N) is 1. The van der Waals surface area contributed by atoms with Crippen molar-refractivity contribution in [2.75, 3.05) is 10.6 Å². The number of rotatable bonds is 3. The van der Waals surface area contributed by atoms with E-state index in [1.165, 1.54) is 30.0 Å². The van der Waals surface area contributed by atoms with E-state index in [-0.39, 0.29) is 23.9 Å². The van der Waals surface area contributed by atoms with Crippen LogP contribution in [0, 0.1) is 5.82 Å². The summed E-state index contributed by atoms with van der Waals surface area (Å²) in [6.45, 7) is 0. The molecular weight excluding hydrogens is 303 g/mol. The molecule has 0 saturated carbocycles. The maximum absolute atomic E-state index is 13.3. The molecule has 2 amide bonds. The molecule has 0 bridgehead atoms. The van der Waals surface area contributed by atoms with Gasteiger partial charge in [0.2, 0.25) is 11.8 Å². The molecule has 1 fully saturated rings. The summed E-state index contributed by atoms with van der Waals surface area (Å²) in [6.07, 6.45) is 0.0777. The van der Waals surface area contributed by atoms with Gasteiger partial charge in [-0.2, -0.15) is 0 Å². The molecule has 0 spiro atoms. The van der Waals surface area contributed by atoms with Crippen molar-refractivity contribution in [1.82, 2.24) is 0 Å². The maximum Gasteiger partial charge on any atom is 0.247 e. The zero-order chi connectivity index (χ0) is 15.7. The van der Waals surface area contributed by atoms with Gasteiger partial charge in [-0.05, 0) is 30.3 Å². The van der Waals surface area contributed by atoms with Gasteiger partial charge in [0, 0.05) is 17.0 Å². The fourth-order valence-corrected chi connectivity index (χ4v) is 3.42. The van der Waals surface area contributed by atoms with Crippen LogP contribution < -0.4 is 10.6 Å². The Labute approximate surface area is 131 Å². The number of para-hydroxylation sites is 1. The molecule has 2 N–H and O–H groups in total. The molecule has 112 valence electrons. The summed E-state index contributed by atoms with van der Waals surface area (Å²) >= 11 is 1.26. The first-order valence-electron chi connectivity index (χ1n) is 6.70. The summed E-state index contributed by atoms with van der Waals surface area (Å²) in [5.74, 6) is -1.16. The molecule has 3 rings (SSSR count). The lowest BCUT2D eigenvalue weighted by atomic mass is 10.3. The van der Waals surface area contributed by atoms with Gasteiger partial charge in [-0.3, -0.25) is 9.59 Å². The lowest BCUT2D eigenvalue weighted by molar-refractivity contribution is -0.121. The molecule has 1 aliphatic rings. The quantitative estimate of drug-likeness (QED) is 0.698. The molecule has 22 heavy (non-hydrogen) atoms. The van der Waals surface area contributed by atoms with E-state index in [0.717, 1.165) is 9.80 Å². The summed E-state index contributed by atoms with van der Waals surface area (Å²) in [5, 5.41) is -0.541. The van der Waals surface area contributed by atoms with Crippen molar-refractivity contribution in [3.05, 3.63) is 54.3 Å². The van der Waals surface area contributed by atoms with Gasteiger partial charge in [0.25, 0.3) is 0 Å². The largest absolute Gasteiger partial charge is 0.398 e. The molecule has 2 aromatic carbocycles. The standard InChI is InChI=1S/C16H13FN2O2S/c17-10-4-3-5-11(8-10)19-15(20)9-14(16(19)21)22-13-7-2-1-6-12(13)18/h1-8,14H,9,18H2/t14-/m1/s1. The van der Waals surface area contributed by atoms with Gasteiger partial charge in [0.1, 0.15) is 5.82 Å². The first-order chi connectivity index (χ1) is 10.6. The van der Waals surface area contributed by atoms with E-state index in [1.54, 1.807) is 18.2 Å². The Morgan fingerprint density at radius 1 is 1.14 bits per heavy atom. The van der Waals surface area contributed by atoms with E-state index in [4.69, 9.17) is 5.73 Å². The summed E-state index contributed by atoms with van der Waals surface area (Å²) in [7, 11) is 0. The first kappa shape index (κ1) is 14.6. The first-order valence-corrected chi connectivity index (χ1v) is 7.58. The number of amides is 2. The van der Waals surface area contributed by atoms with Crippen molar-refractivity contribution in [2.45, 2.75) is 16.6 Å². The second-order valence-corrected chi connectivity index (χ2v) is 6.14. The lowest BCUT2D eigenvalue weighted by Crippen LogP contribution is -2.31. The minimum Gasteiger partial charge on any atom is -0.398 e. The van der Waals surface area contributed by atoms with Crippen LogP contribution in [-0.2, 0) is 9.59 Å². The summed E-state index contributed by atoms with van der Waals surface area (Å²) in [4.78, 5) is 26.4. The highest BCUT2D eigenvalue weighted by molar-refractivity contribution is 8.00. The number of imide groups is 1. The van der Waals surface area contributed by atoms with Gasteiger partial charge in [-0.1, -0.05) is 18.2 Å². The Morgan fingerprint density at radius 2 is 1.91 bits per heavy atom.